The Morgan fingerprint density at radius 1 is 1.50 bits per heavy atom. The van der Waals surface area contributed by atoms with Crippen LogP contribution in [0.15, 0.2) is 0 Å². The molecule has 4 nitrogen and oxygen atoms in total. The first-order valence-corrected chi connectivity index (χ1v) is 3.42. The van der Waals surface area contributed by atoms with Crippen molar-refractivity contribution in [2.24, 2.45) is 5.73 Å². The normalized spacial score (nSPS) is 23.4. The minimum Gasteiger partial charge on any atom is -0.395 e. The number of hydrogen-bond acceptors (Lipinski definition) is 4. The maximum atomic E-state index is 8.56. The Hall–Kier alpha value is -0.160. The number of rotatable bonds is 3. The van der Waals surface area contributed by atoms with E-state index < -0.39 is 0 Å². The van der Waals surface area contributed by atoms with Crippen LogP contribution in [0.4, 0.5) is 0 Å². The highest BCUT2D eigenvalue weighted by Crippen LogP contribution is 2.08. The van der Waals surface area contributed by atoms with Crippen LogP contribution in [0, 0.1) is 0 Å². The highest BCUT2D eigenvalue weighted by molar-refractivity contribution is 4.63. The van der Waals surface area contributed by atoms with Crippen molar-refractivity contribution in [3.8, 4) is 0 Å². The molecule has 0 spiro atoms. The molecule has 0 radical (unpaired) electrons. The number of aliphatic hydroxyl groups excluding tert-OH is 1. The number of hydrogen-bond donors (Lipinski definition) is 2. The first kappa shape index (κ1) is 7.94. The summed E-state index contributed by atoms with van der Waals surface area (Å²) in [7, 11) is 0. The summed E-state index contributed by atoms with van der Waals surface area (Å²) in [6.45, 7) is 1.27. The zero-order valence-electron chi connectivity index (χ0n) is 5.82. The van der Waals surface area contributed by atoms with Crippen molar-refractivity contribution in [2.45, 2.75) is 18.8 Å². The van der Waals surface area contributed by atoms with Crippen LogP contribution >= 0.6 is 0 Å². The molecule has 1 aliphatic rings. The van der Waals surface area contributed by atoms with Crippen molar-refractivity contribution in [2.75, 3.05) is 19.8 Å². The summed E-state index contributed by atoms with van der Waals surface area (Å²) >= 11 is 0. The molecule has 0 bridgehead atoms. The minimum atomic E-state index is -0.219. The van der Waals surface area contributed by atoms with E-state index in [1.165, 1.54) is 0 Å². The monoisotopic (exact) mass is 147 g/mol. The largest absolute Gasteiger partial charge is 0.395 e. The predicted molar refractivity (Wildman–Crippen MR) is 35.4 cm³/mol. The quantitative estimate of drug-likeness (QED) is 0.541. The summed E-state index contributed by atoms with van der Waals surface area (Å²) < 4.78 is 10.2. The van der Waals surface area contributed by atoms with Crippen LogP contribution in [-0.2, 0) is 9.47 Å². The topological polar surface area (TPSA) is 64.7 Å². The lowest BCUT2D eigenvalue weighted by Gasteiger charge is -2.12. The lowest BCUT2D eigenvalue weighted by molar-refractivity contribution is -0.0532. The SMILES string of the molecule is N[C@H](CO)CC1OCCO1. The Morgan fingerprint density at radius 3 is 2.60 bits per heavy atom. The van der Waals surface area contributed by atoms with E-state index in [9.17, 15) is 0 Å². The van der Waals surface area contributed by atoms with Crippen LogP contribution in [-0.4, -0.2) is 37.3 Å². The van der Waals surface area contributed by atoms with Gasteiger partial charge in [0.15, 0.2) is 6.29 Å². The molecular weight excluding hydrogens is 134 g/mol. The molecule has 4 heteroatoms. The Morgan fingerprint density at radius 2 is 2.10 bits per heavy atom. The molecule has 1 aliphatic heterocycles. The predicted octanol–water partition coefficient (Wildman–Crippen LogP) is -0.931. The van der Waals surface area contributed by atoms with Crippen molar-refractivity contribution in [1.82, 2.24) is 0 Å². The van der Waals surface area contributed by atoms with E-state index in [0.717, 1.165) is 0 Å². The van der Waals surface area contributed by atoms with Gasteiger partial charge < -0.3 is 20.3 Å². The van der Waals surface area contributed by atoms with Gasteiger partial charge >= 0.3 is 0 Å². The Kier molecular flexibility index (Phi) is 3.08. The zero-order chi connectivity index (χ0) is 7.40. The van der Waals surface area contributed by atoms with Gasteiger partial charge in [-0.2, -0.15) is 0 Å². The van der Waals surface area contributed by atoms with Crippen LogP contribution < -0.4 is 5.73 Å². The van der Waals surface area contributed by atoms with Crippen LogP contribution in [0.5, 0.6) is 0 Å². The van der Waals surface area contributed by atoms with Crippen molar-refractivity contribution in [3.05, 3.63) is 0 Å². The average Bonchev–Trinajstić information content (AvgIpc) is 2.40. The molecular formula is C6H13NO3. The Labute approximate surface area is 59.9 Å². The van der Waals surface area contributed by atoms with Gasteiger partial charge in [-0.25, -0.2) is 0 Å². The van der Waals surface area contributed by atoms with E-state index in [-0.39, 0.29) is 18.9 Å². The van der Waals surface area contributed by atoms with E-state index in [4.69, 9.17) is 20.3 Å². The summed E-state index contributed by atoms with van der Waals surface area (Å²) in [6.07, 6.45) is 0.387. The van der Waals surface area contributed by atoms with Crippen molar-refractivity contribution in [1.29, 1.82) is 0 Å². The molecule has 3 N–H and O–H groups in total. The molecule has 0 unspecified atom stereocenters. The van der Waals surface area contributed by atoms with E-state index >= 15 is 0 Å². The number of aliphatic hydroxyl groups is 1. The molecule has 0 aromatic carbocycles. The van der Waals surface area contributed by atoms with Gasteiger partial charge in [0, 0.05) is 12.5 Å². The third kappa shape index (κ3) is 2.22. The molecule has 0 aromatic heterocycles. The van der Waals surface area contributed by atoms with Gasteiger partial charge in [0.1, 0.15) is 0 Å². The fourth-order valence-corrected chi connectivity index (χ4v) is 0.865. The lowest BCUT2D eigenvalue weighted by Crippen LogP contribution is -2.29. The summed E-state index contributed by atoms with van der Waals surface area (Å²) in [5, 5.41) is 8.56. The Bertz CT molecular complexity index is 93.0. The fraction of sp³-hybridized carbons (Fsp3) is 1.00. The molecule has 0 saturated carbocycles. The second-order valence-electron chi connectivity index (χ2n) is 2.35. The van der Waals surface area contributed by atoms with Crippen molar-refractivity contribution < 1.29 is 14.6 Å². The van der Waals surface area contributed by atoms with Crippen LogP contribution in [0.2, 0.25) is 0 Å². The van der Waals surface area contributed by atoms with Crippen LogP contribution in [0.1, 0.15) is 6.42 Å². The smallest absolute Gasteiger partial charge is 0.159 e. The zero-order valence-corrected chi connectivity index (χ0v) is 5.82. The van der Waals surface area contributed by atoms with E-state index in [2.05, 4.69) is 0 Å². The van der Waals surface area contributed by atoms with Gasteiger partial charge in [-0.3, -0.25) is 0 Å². The van der Waals surface area contributed by atoms with E-state index in [0.29, 0.717) is 19.6 Å². The van der Waals surface area contributed by atoms with E-state index in [1.807, 2.05) is 0 Å². The standard InChI is InChI=1S/C6H13NO3/c7-5(4-8)3-6-9-1-2-10-6/h5-6,8H,1-4,7H2/t5-/m0/s1. The fourth-order valence-electron chi connectivity index (χ4n) is 0.865. The second kappa shape index (κ2) is 3.88. The first-order chi connectivity index (χ1) is 4.83. The van der Waals surface area contributed by atoms with Crippen molar-refractivity contribution in [3.63, 3.8) is 0 Å². The van der Waals surface area contributed by atoms with Gasteiger partial charge in [0.25, 0.3) is 0 Å². The maximum absolute atomic E-state index is 8.56. The molecule has 1 heterocycles. The average molecular weight is 147 g/mol. The molecule has 1 fully saturated rings. The molecule has 0 amide bonds. The molecule has 1 atom stereocenters. The summed E-state index contributed by atoms with van der Waals surface area (Å²) in [5.74, 6) is 0. The van der Waals surface area contributed by atoms with Gasteiger partial charge in [-0.1, -0.05) is 0 Å². The van der Waals surface area contributed by atoms with Crippen LogP contribution in [0.25, 0.3) is 0 Å². The van der Waals surface area contributed by atoms with Gasteiger partial charge in [0.2, 0.25) is 0 Å². The highest BCUT2D eigenvalue weighted by atomic mass is 16.7. The summed E-state index contributed by atoms with van der Waals surface area (Å²) in [6, 6.07) is -0.219. The summed E-state index contributed by atoms with van der Waals surface area (Å²) in [5.41, 5.74) is 5.44. The molecule has 0 aliphatic carbocycles. The van der Waals surface area contributed by atoms with Crippen LogP contribution in [0.3, 0.4) is 0 Å². The molecule has 0 aromatic rings. The van der Waals surface area contributed by atoms with Crippen molar-refractivity contribution >= 4 is 0 Å². The molecule has 60 valence electrons. The first-order valence-electron chi connectivity index (χ1n) is 3.42. The number of ether oxygens (including phenoxy) is 2. The van der Waals surface area contributed by atoms with Gasteiger partial charge in [-0.15, -0.1) is 0 Å². The minimum absolute atomic E-state index is 0.0107. The summed E-state index contributed by atoms with van der Waals surface area (Å²) in [4.78, 5) is 0. The Balaban J connectivity index is 2.11. The lowest BCUT2D eigenvalue weighted by atomic mass is 10.2. The highest BCUT2D eigenvalue weighted by Gasteiger charge is 2.18. The maximum Gasteiger partial charge on any atom is 0.159 e. The third-order valence-electron chi connectivity index (χ3n) is 1.42. The second-order valence-corrected chi connectivity index (χ2v) is 2.35. The molecule has 1 saturated heterocycles. The molecule has 10 heavy (non-hydrogen) atoms. The molecule has 1 rings (SSSR count). The van der Waals surface area contributed by atoms with Gasteiger partial charge in [0.05, 0.1) is 19.8 Å². The third-order valence-corrected chi connectivity index (χ3v) is 1.42. The van der Waals surface area contributed by atoms with E-state index in [1.54, 1.807) is 0 Å². The number of nitrogens with two attached hydrogens (primary N) is 1. The van der Waals surface area contributed by atoms with Gasteiger partial charge in [-0.05, 0) is 0 Å².